The minimum atomic E-state index is 0.0411. The highest BCUT2D eigenvalue weighted by Gasteiger charge is 2.38. The Hall–Kier alpha value is -3.65. The summed E-state index contributed by atoms with van der Waals surface area (Å²) in [5.74, 6) is 0.931. The maximum atomic E-state index is 13.0. The Morgan fingerprint density at radius 1 is 1.12 bits per heavy atom. The number of piperazine rings is 1. The summed E-state index contributed by atoms with van der Waals surface area (Å²) in [4.78, 5) is 28.9. The van der Waals surface area contributed by atoms with Gasteiger partial charge in [0.25, 0.3) is 0 Å². The second-order valence-corrected chi connectivity index (χ2v) is 8.64. The van der Waals surface area contributed by atoms with Crippen LogP contribution in [0, 0.1) is 0 Å². The van der Waals surface area contributed by atoms with E-state index in [0.717, 1.165) is 53.1 Å². The predicted molar refractivity (Wildman–Crippen MR) is 122 cm³/mol. The summed E-state index contributed by atoms with van der Waals surface area (Å²) in [6, 6.07) is 8.74. The van der Waals surface area contributed by atoms with E-state index in [-0.39, 0.29) is 12.2 Å². The van der Waals surface area contributed by atoms with Crippen LogP contribution in [0.3, 0.4) is 0 Å². The molecule has 0 saturated carbocycles. The van der Waals surface area contributed by atoms with Gasteiger partial charge >= 0.3 is 0 Å². The molecule has 8 heteroatoms. The first-order chi connectivity index (χ1) is 15.6. The van der Waals surface area contributed by atoms with Crippen molar-refractivity contribution in [2.75, 3.05) is 18.0 Å². The van der Waals surface area contributed by atoms with E-state index in [1.165, 1.54) is 0 Å². The van der Waals surface area contributed by atoms with Crippen LogP contribution in [0.4, 0.5) is 5.82 Å². The van der Waals surface area contributed by atoms with E-state index in [9.17, 15) is 4.79 Å². The number of hydrogen-bond acceptors (Lipinski definition) is 7. The lowest BCUT2D eigenvalue weighted by Gasteiger charge is -2.28. The Morgan fingerprint density at radius 3 is 2.84 bits per heavy atom. The van der Waals surface area contributed by atoms with Crippen LogP contribution < -0.4 is 10.2 Å². The first kappa shape index (κ1) is 19.1. The summed E-state index contributed by atoms with van der Waals surface area (Å²) >= 11 is 0. The minimum Gasteiger partial charge on any atom is -0.351 e. The molecule has 2 atom stereocenters. The average Bonchev–Trinajstić information content (AvgIpc) is 3.56. The number of aromatic nitrogens is 5. The van der Waals surface area contributed by atoms with E-state index in [0.29, 0.717) is 17.6 Å². The van der Waals surface area contributed by atoms with Crippen LogP contribution in [-0.4, -0.2) is 55.7 Å². The number of carbonyl (C=O) groups is 1. The summed E-state index contributed by atoms with van der Waals surface area (Å²) in [6.07, 6.45) is 10.5. The van der Waals surface area contributed by atoms with Crippen molar-refractivity contribution in [3.63, 3.8) is 0 Å². The van der Waals surface area contributed by atoms with Crippen molar-refractivity contribution in [2.45, 2.75) is 24.9 Å². The van der Waals surface area contributed by atoms with Gasteiger partial charge in [0, 0.05) is 78.6 Å². The minimum absolute atomic E-state index is 0.0411. The van der Waals surface area contributed by atoms with Gasteiger partial charge in [-0.2, -0.15) is 5.10 Å². The number of nitrogens with one attached hydrogen (secondary N) is 1. The molecule has 2 saturated heterocycles. The number of nitrogens with zero attached hydrogens (tertiary/aromatic N) is 6. The van der Waals surface area contributed by atoms with Gasteiger partial charge in [-0.05, 0) is 30.7 Å². The van der Waals surface area contributed by atoms with Crippen LogP contribution in [0.2, 0.25) is 0 Å². The largest absolute Gasteiger partial charge is 0.351 e. The molecule has 2 unspecified atom stereocenters. The normalized spacial score (nSPS) is 19.7. The van der Waals surface area contributed by atoms with E-state index in [4.69, 9.17) is 0 Å². The molecule has 0 amide bonds. The number of Topliss-reactive ketones (excluding diaryl/α,β-unsaturated/α-hetero) is 1. The number of anilines is 1. The standard InChI is InChI=1S/C24H23N7O/c1-30-13-18(10-29-30)17-4-16-5-19(27-12-22(16)28-9-17)8-23(32)15-2-3-25-24(6-15)31-14-20-7-21(31)11-26-20/h2-6,9-10,12-13,20-21,26H,7-8,11,14H2,1H3. The van der Waals surface area contributed by atoms with Crippen molar-refractivity contribution >= 4 is 22.5 Å². The molecular weight excluding hydrogens is 402 g/mol. The molecule has 2 aliphatic rings. The summed E-state index contributed by atoms with van der Waals surface area (Å²) in [5, 5.41) is 8.69. The molecule has 32 heavy (non-hydrogen) atoms. The molecule has 1 N–H and O–H groups in total. The lowest BCUT2D eigenvalue weighted by Crippen LogP contribution is -2.44. The zero-order valence-corrected chi connectivity index (χ0v) is 17.8. The highest BCUT2D eigenvalue weighted by atomic mass is 16.1. The molecule has 4 aromatic heterocycles. The molecule has 4 aromatic rings. The maximum absolute atomic E-state index is 13.0. The van der Waals surface area contributed by atoms with Crippen molar-refractivity contribution in [1.82, 2.24) is 30.0 Å². The van der Waals surface area contributed by atoms with Crippen LogP contribution in [0.15, 0.2) is 55.2 Å². The van der Waals surface area contributed by atoms with Crippen LogP contribution in [0.25, 0.3) is 22.0 Å². The molecule has 2 aliphatic heterocycles. The van der Waals surface area contributed by atoms with Crippen LogP contribution in [0.5, 0.6) is 0 Å². The highest BCUT2D eigenvalue weighted by Crippen LogP contribution is 2.28. The van der Waals surface area contributed by atoms with E-state index >= 15 is 0 Å². The van der Waals surface area contributed by atoms with Gasteiger partial charge in [0.15, 0.2) is 5.78 Å². The van der Waals surface area contributed by atoms with Gasteiger partial charge < -0.3 is 10.2 Å². The zero-order valence-electron chi connectivity index (χ0n) is 17.8. The number of rotatable bonds is 5. The Bertz CT molecular complexity index is 1330. The molecule has 6 rings (SSSR count). The Kier molecular flexibility index (Phi) is 4.46. The molecular formula is C24H23N7O. The van der Waals surface area contributed by atoms with Gasteiger partial charge in [0.1, 0.15) is 5.82 Å². The lowest BCUT2D eigenvalue weighted by atomic mass is 10.0. The monoisotopic (exact) mass is 425 g/mol. The Labute approximate surface area is 185 Å². The lowest BCUT2D eigenvalue weighted by molar-refractivity contribution is 0.0992. The van der Waals surface area contributed by atoms with Gasteiger partial charge in [-0.1, -0.05) is 0 Å². The van der Waals surface area contributed by atoms with Crippen LogP contribution >= 0.6 is 0 Å². The molecule has 0 spiro atoms. The number of ketones is 1. The number of carbonyl (C=O) groups excluding carboxylic acids is 1. The van der Waals surface area contributed by atoms with Gasteiger partial charge in [-0.3, -0.25) is 19.4 Å². The van der Waals surface area contributed by atoms with Gasteiger partial charge in [0.2, 0.25) is 0 Å². The number of pyridine rings is 3. The Morgan fingerprint density at radius 2 is 2.06 bits per heavy atom. The van der Waals surface area contributed by atoms with Gasteiger partial charge in [-0.25, -0.2) is 4.98 Å². The second-order valence-electron chi connectivity index (χ2n) is 8.64. The van der Waals surface area contributed by atoms with Crippen LogP contribution in [-0.2, 0) is 13.5 Å². The molecule has 2 fully saturated rings. The van der Waals surface area contributed by atoms with Gasteiger partial charge in [0.05, 0.1) is 24.3 Å². The third-order valence-corrected chi connectivity index (χ3v) is 6.42. The molecule has 8 nitrogen and oxygen atoms in total. The molecule has 0 radical (unpaired) electrons. The van der Waals surface area contributed by atoms with Crippen LogP contribution in [0.1, 0.15) is 22.5 Å². The fourth-order valence-corrected chi connectivity index (χ4v) is 4.76. The molecule has 0 aliphatic carbocycles. The van der Waals surface area contributed by atoms with Gasteiger partial charge in [-0.15, -0.1) is 0 Å². The highest BCUT2D eigenvalue weighted by molar-refractivity contribution is 5.98. The SMILES string of the molecule is Cn1cc(-c2cnc3cnc(CC(=O)c4ccnc(N5CC6CC5CN6)c4)cc3c2)cn1. The third kappa shape index (κ3) is 3.42. The molecule has 0 aromatic carbocycles. The quantitative estimate of drug-likeness (QED) is 0.491. The topological polar surface area (TPSA) is 88.8 Å². The Balaban J connectivity index is 1.24. The maximum Gasteiger partial charge on any atom is 0.169 e. The fourth-order valence-electron chi connectivity index (χ4n) is 4.76. The summed E-state index contributed by atoms with van der Waals surface area (Å²) in [6.45, 7) is 1.94. The second kappa shape index (κ2) is 7.49. The zero-order chi connectivity index (χ0) is 21.7. The predicted octanol–water partition coefficient (Wildman–Crippen LogP) is 2.40. The van der Waals surface area contributed by atoms with E-state index in [1.54, 1.807) is 23.1 Å². The van der Waals surface area contributed by atoms with E-state index < -0.39 is 0 Å². The average molecular weight is 425 g/mol. The summed E-state index contributed by atoms with van der Waals surface area (Å²) in [5.41, 5.74) is 4.21. The molecule has 2 bridgehead atoms. The number of hydrogen-bond donors (Lipinski definition) is 1. The van der Waals surface area contributed by atoms with Crippen molar-refractivity contribution in [3.8, 4) is 11.1 Å². The van der Waals surface area contributed by atoms with Crippen molar-refractivity contribution in [2.24, 2.45) is 7.05 Å². The summed E-state index contributed by atoms with van der Waals surface area (Å²) < 4.78 is 1.77. The number of fused-ring (bicyclic) bond motifs is 3. The van der Waals surface area contributed by atoms with E-state index in [2.05, 4.69) is 36.3 Å². The third-order valence-electron chi connectivity index (χ3n) is 6.42. The fraction of sp³-hybridized carbons (Fsp3) is 0.292. The van der Waals surface area contributed by atoms with Crippen molar-refractivity contribution in [3.05, 3.63) is 66.5 Å². The molecule has 160 valence electrons. The van der Waals surface area contributed by atoms with E-state index in [1.807, 2.05) is 37.8 Å². The molecule has 6 heterocycles. The first-order valence-corrected chi connectivity index (χ1v) is 10.9. The summed E-state index contributed by atoms with van der Waals surface area (Å²) in [7, 11) is 1.89. The van der Waals surface area contributed by atoms with Crippen molar-refractivity contribution < 1.29 is 4.79 Å². The number of aryl methyl sites for hydroxylation is 1. The smallest absolute Gasteiger partial charge is 0.169 e. The first-order valence-electron chi connectivity index (χ1n) is 10.9. The van der Waals surface area contributed by atoms with Crippen molar-refractivity contribution in [1.29, 1.82) is 0 Å².